The highest BCUT2D eigenvalue weighted by Crippen LogP contribution is 2.37. The van der Waals surface area contributed by atoms with Crippen LogP contribution in [-0.2, 0) is 22.3 Å². The monoisotopic (exact) mass is 406 g/mol. The quantitative estimate of drug-likeness (QED) is 0.815. The molecule has 0 saturated carbocycles. The van der Waals surface area contributed by atoms with Gasteiger partial charge < -0.3 is 15.3 Å². The number of benzene rings is 2. The van der Waals surface area contributed by atoms with Crippen LogP contribution in [0.4, 0.5) is 13.2 Å². The van der Waals surface area contributed by atoms with E-state index in [1.54, 1.807) is 19.2 Å². The summed E-state index contributed by atoms with van der Waals surface area (Å²) in [5.74, 6) is -0.888. The van der Waals surface area contributed by atoms with E-state index in [1.807, 2.05) is 0 Å². The van der Waals surface area contributed by atoms with Gasteiger partial charge in [0.2, 0.25) is 11.8 Å². The predicted octanol–water partition coefficient (Wildman–Crippen LogP) is 3.64. The third-order valence-electron chi connectivity index (χ3n) is 5.18. The van der Waals surface area contributed by atoms with Crippen LogP contribution >= 0.6 is 0 Å². The molecule has 1 aliphatic rings. The fourth-order valence-electron chi connectivity index (χ4n) is 3.57. The number of halogens is 3. The normalized spacial score (nSPS) is 19.9. The van der Waals surface area contributed by atoms with Crippen LogP contribution in [0.5, 0.6) is 5.75 Å². The van der Waals surface area contributed by atoms with E-state index in [1.165, 1.54) is 29.2 Å². The Morgan fingerprint density at radius 2 is 1.76 bits per heavy atom. The number of piperidine rings is 1. The number of nitrogens with one attached hydrogen (secondary N) is 1. The number of phenols is 1. The minimum atomic E-state index is -4.45. The lowest BCUT2D eigenvalue weighted by Gasteiger charge is -2.38. The number of rotatable bonds is 4. The number of aromatic hydroxyl groups is 1. The van der Waals surface area contributed by atoms with Crippen LogP contribution < -0.4 is 5.32 Å². The molecule has 2 aromatic carbocycles. The number of likely N-dealkylation sites (tertiary alicyclic amines) is 1. The van der Waals surface area contributed by atoms with Gasteiger partial charge in [0.05, 0.1) is 17.5 Å². The number of alkyl halides is 3. The lowest BCUT2D eigenvalue weighted by molar-refractivity contribution is -0.142. The van der Waals surface area contributed by atoms with Gasteiger partial charge in [0, 0.05) is 20.0 Å². The van der Waals surface area contributed by atoms with Crippen LogP contribution in [0.3, 0.4) is 0 Å². The van der Waals surface area contributed by atoms with E-state index in [2.05, 4.69) is 5.32 Å². The second-order valence-electron chi connectivity index (χ2n) is 7.10. The number of nitrogens with zero attached hydrogens (tertiary/aromatic N) is 1. The van der Waals surface area contributed by atoms with Crippen molar-refractivity contribution in [3.63, 3.8) is 0 Å². The maximum atomic E-state index is 12.8. The molecule has 2 aromatic rings. The summed E-state index contributed by atoms with van der Waals surface area (Å²) in [5, 5.41) is 12.1. The van der Waals surface area contributed by atoms with E-state index < -0.39 is 23.7 Å². The van der Waals surface area contributed by atoms with Crippen molar-refractivity contribution in [2.45, 2.75) is 31.6 Å². The van der Waals surface area contributed by atoms with Gasteiger partial charge in [0.1, 0.15) is 5.75 Å². The van der Waals surface area contributed by atoms with Gasteiger partial charge in [-0.15, -0.1) is 0 Å². The second kappa shape index (κ2) is 8.14. The van der Waals surface area contributed by atoms with E-state index in [0.29, 0.717) is 12.0 Å². The zero-order valence-corrected chi connectivity index (χ0v) is 15.7. The average molecular weight is 406 g/mol. The Labute approximate surface area is 166 Å². The number of carbonyl (C=O) groups is 2. The zero-order chi connectivity index (χ0) is 21.2. The molecular weight excluding hydrogens is 385 g/mol. The molecule has 3 rings (SSSR count). The Morgan fingerprint density at radius 1 is 1.14 bits per heavy atom. The predicted molar refractivity (Wildman–Crippen MR) is 99.6 cm³/mol. The average Bonchev–Trinajstić information content (AvgIpc) is 2.68. The van der Waals surface area contributed by atoms with Crippen LogP contribution in [0.1, 0.15) is 35.6 Å². The first-order chi connectivity index (χ1) is 13.7. The highest BCUT2D eigenvalue weighted by molar-refractivity contribution is 5.84. The van der Waals surface area contributed by atoms with Crippen molar-refractivity contribution < 1.29 is 27.9 Å². The van der Waals surface area contributed by atoms with E-state index in [0.717, 1.165) is 17.7 Å². The SMILES string of the molecule is CN1C(=O)CCC(C(=O)NCc2ccc(O)cc2)C1c1ccc(C(F)(F)F)cc1. The Hall–Kier alpha value is -3.03. The molecular formula is C21H21F3N2O3. The van der Waals surface area contributed by atoms with Crippen LogP contribution in [0.15, 0.2) is 48.5 Å². The van der Waals surface area contributed by atoms with Crippen molar-refractivity contribution >= 4 is 11.8 Å². The summed E-state index contributed by atoms with van der Waals surface area (Å²) in [5.41, 5.74) is 0.500. The Morgan fingerprint density at radius 3 is 2.34 bits per heavy atom. The first kappa shape index (κ1) is 20.7. The van der Waals surface area contributed by atoms with Crippen molar-refractivity contribution in [2.75, 3.05) is 7.05 Å². The topological polar surface area (TPSA) is 69.6 Å². The first-order valence-corrected chi connectivity index (χ1v) is 9.15. The largest absolute Gasteiger partial charge is 0.508 e. The molecule has 29 heavy (non-hydrogen) atoms. The van der Waals surface area contributed by atoms with Crippen LogP contribution in [-0.4, -0.2) is 28.9 Å². The summed E-state index contributed by atoms with van der Waals surface area (Å²) in [7, 11) is 1.56. The van der Waals surface area contributed by atoms with Crippen molar-refractivity contribution in [3.05, 3.63) is 65.2 Å². The summed E-state index contributed by atoms with van der Waals surface area (Å²) in [4.78, 5) is 26.4. The summed E-state index contributed by atoms with van der Waals surface area (Å²) < 4.78 is 38.5. The number of hydrogen-bond donors (Lipinski definition) is 2. The molecule has 0 radical (unpaired) electrons. The van der Waals surface area contributed by atoms with Gasteiger partial charge >= 0.3 is 6.18 Å². The Bertz CT molecular complexity index is 880. The molecule has 0 bridgehead atoms. The van der Waals surface area contributed by atoms with E-state index in [4.69, 9.17) is 0 Å². The zero-order valence-electron chi connectivity index (χ0n) is 15.7. The van der Waals surface area contributed by atoms with Crippen LogP contribution in [0.25, 0.3) is 0 Å². The van der Waals surface area contributed by atoms with E-state index in [9.17, 15) is 27.9 Å². The second-order valence-corrected chi connectivity index (χ2v) is 7.10. The van der Waals surface area contributed by atoms with Gasteiger partial charge in [0.25, 0.3) is 0 Å². The van der Waals surface area contributed by atoms with Crippen LogP contribution in [0.2, 0.25) is 0 Å². The van der Waals surface area contributed by atoms with E-state index in [-0.39, 0.29) is 30.5 Å². The molecule has 0 spiro atoms. The highest BCUT2D eigenvalue weighted by atomic mass is 19.4. The first-order valence-electron chi connectivity index (χ1n) is 9.15. The number of hydrogen-bond acceptors (Lipinski definition) is 3. The van der Waals surface area contributed by atoms with Gasteiger partial charge in [0.15, 0.2) is 0 Å². The molecule has 8 heteroatoms. The molecule has 2 atom stereocenters. The van der Waals surface area contributed by atoms with Crippen molar-refractivity contribution in [1.82, 2.24) is 10.2 Å². The number of carbonyl (C=O) groups excluding carboxylic acids is 2. The smallest absolute Gasteiger partial charge is 0.416 e. The molecule has 5 nitrogen and oxygen atoms in total. The molecule has 1 heterocycles. The summed E-state index contributed by atoms with van der Waals surface area (Å²) >= 11 is 0. The third-order valence-corrected chi connectivity index (χ3v) is 5.18. The summed E-state index contributed by atoms with van der Waals surface area (Å²) in [6.07, 6.45) is -3.94. The van der Waals surface area contributed by atoms with Gasteiger partial charge in [-0.1, -0.05) is 24.3 Å². The van der Waals surface area contributed by atoms with Gasteiger partial charge in [-0.2, -0.15) is 13.2 Å². The fourth-order valence-corrected chi connectivity index (χ4v) is 3.57. The summed E-state index contributed by atoms with van der Waals surface area (Å²) in [6.45, 7) is 0.243. The van der Waals surface area contributed by atoms with Crippen LogP contribution in [0, 0.1) is 5.92 Å². The molecule has 2 unspecified atom stereocenters. The molecule has 0 aromatic heterocycles. The highest BCUT2D eigenvalue weighted by Gasteiger charge is 2.39. The number of phenolic OH excluding ortho intramolecular Hbond substituents is 1. The molecule has 2 N–H and O–H groups in total. The molecule has 2 amide bonds. The Balaban J connectivity index is 1.79. The van der Waals surface area contributed by atoms with Gasteiger partial charge in [-0.05, 0) is 41.8 Å². The van der Waals surface area contributed by atoms with Gasteiger partial charge in [-0.25, -0.2) is 0 Å². The lowest BCUT2D eigenvalue weighted by atomic mass is 9.83. The molecule has 1 fully saturated rings. The fraction of sp³-hybridized carbons (Fsp3) is 0.333. The molecule has 0 aliphatic carbocycles. The maximum Gasteiger partial charge on any atom is 0.416 e. The standard InChI is InChI=1S/C21H21F3N2O3/c1-26-18(28)11-10-17(20(29)25-12-13-2-8-16(27)9-3-13)19(26)14-4-6-15(7-5-14)21(22,23)24/h2-9,17,19,27H,10-12H2,1H3,(H,25,29). The van der Waals surface area contributed by atoms with E-state index >= 15 is 0 Å². The van der Waals surface area contributed by atoms with Crippen molar-refractivity contribution in [2.24, 2.45) is 5.92 Å². The van der Waals surface area contributed by atoms with Crippen molar-refractivity contribution in [3.8, 4) is 5.75 Å². The molecule has 1 saturated heterocycles. The molecule has 154 valence electrons. The van der Waals surface area contributed by atoms with Gasteiger partial charge in [-0.3, -0.25) is 9.59 Å². The minimum absolute atomic E-state index is 0.120. The minimum Gasteiger partial charge on any atom is -0.508 e. The third kappa shape index (κ3) is 4.70. The molecule has 1 aliphatic heterocycles. The lowest BCUT2D eigenvalue weighted by Crippen LogP contribution is -2.46. The Kier molecular flexibility index (Phi) is 5.81. The summed E-state index contributed by atoms with van der Waals surface area (Å²) in [6, 6.07) is 10.3. The number of amides is 2. The maximum absolute atomic E-state index is 12.8. The van der Waals surface area contributed by atoms with Crippen molar-refractivity contribution in [1.29, 1.82) is 0 Å².